The van der Waals surface area contributed by atoms with Crippen LogP contribution in [0.4, 0.5) is 5.69 Å². The first-order valence-electron chi connectivity index (χ1n) is 12.6. The number of para-hydroxylation sites is 1. The molecule has 9 heteroatoms. The fourth-order valence-corrected chi connectivity index (χ4v) is 5.22. The molecule has 0 saturated carbocycles. The molecule has 3 rings (SSSR count). The molecule has 0 bridgehead atoms. The van der Waals surface area contributed by atoms with Gasteiger partial charge in [-0.3, -0.25) is 9.59 Å². The van der Waals surface area contributed by atoms with Crippen molar-refractivity contribution < 1.29 is 18.0 Å². The summed E-state index contributed by atoms with van der Waals surface area (Å²) in [6, 6.07) is 24.9. The van der Waals surface area contributed by atoms with Crippen LogP contribution in [-0.2, 0) is 32.8 Å². The van der Waals surface area contributed by atoms with E-state index in [-0.39, 0.29) is 18.9 Å². The van der Waals surface area contributed by atoms with Gasteiger partial charge >= 0.3 is 10.2 Å². The third-order valence-corrected chi connectivity index (χ3v) is 7.94. The second-order valence-corrected chi connectivity index (χ2v) is 11.3. The highest BCUT2D eigenvalue weighted by atomic mass is 32.2. The van der Waals surface area contributed by atoms with Crippen molar-refractivity contribution in [2.24, 2.45) is 0 Å². The smallest absolute Gasteiger partial charge is 0.304 e. The molecule has 202 valence electrons. The van der Waals surface area contributed by atoms with Crippen LogP contribution in [0.5, 0.6) is 0 Å². The normalized spacial score (nSPS) is 12.1. The monoisotopic (exact) mass is 536 g/mol. The van der Waals surface area contributed by atoms with E-state index in [0.29, 0.717) is 12.2 Å². The van der Waals surface area contributed by atoms with Crippen molar-refractivity contribution in [3.8, 4) is 0 Å². The van der Waals surface area contributed by atoms with Crippen molar-refractivity contribution in [1.82, 2.24) is 14.5 Å². The molecule has 38 heavy (non-hydrogen) atoms. The zero-order chi connectivity index (χ0) is 27.7. The predicted molar refractivity (Wildman–Crippen MR) is 151 cm³/mol. The van der Waals surface area contributed by atoms with E-state index in [1.54, 1.807) is 30.3 Å². The number of aryl methyl sites for hydroxylation is 1. The standard InChI is InChI=1S/C29H36N4O4S/c1-5-30-29(35)27(20-24-14-8-6-9-15-24)32(21-25-16-12-13-23(2)19-25)28(34)22-33(38(36,37)31(3)4)26-17-10-7-11-18-26/h6-19,27H,5,20-22H2,1-4H3,(H,30,35)/t27-/m1/s1. The fraction of sp³-hybridized carbons (Fsp3) is 0.310. The topological polar surface area (TPSA) is 90.0 Å². The molecule has 0 aliphatic heterocycles. The minimum Gasteiger partial charge on any atom is -0.355 e. The molecular formula is C29H36N4O4S. The number of nitrogens with one attached hydrogen (secondary N) is 1. The minimum atomic E-state index is -4.00. The molecule has 0 spiro atoms. The summed E-state index contributed by atoms with van der Waals surface area (Å²) in [7, 11) is -1.15. The lowest BCUT2D eigenvalue weighted by Gasteiger charge is -2.34. The number of benzene rings is 3. The van der Waals surface area contributed by atoms with Gasteiger partial charge in [-0.15, -0.1) is 0 Å². The predicted octanol–water partition coefficient (Wildman–Crippen LogP) is 3.38. The molecular weight excluding hydrogens is 500 g/mol. The summed E-state index contributed by atoms with van der Waals surface area (Å²) in [5.74, 6) is -0.771. The lowest BCUT2D eigenvalue weighted by molar-refractivity contribution is -0.140. The lowest BCUT2D eigenvalue weighted by Crippen LogP contribution is -2.54. The van der Waals surface area contributed by atoms with Crippen LogP contribution in [0.3, 0.4) is 0 Å². The van der Waals surface area contributed by atoms with E-state index in [9.17, 15) is 18.0 Å². The van der Waals surface area contributed by atoms with Crippen molar-refractivity contribution in [3.05, 3.63) is 102 Å². The summed E-state index contributed by atoms with van der Waals surface area (Å²) >= 11 is 0. The zero-order valence-electron chi connectivity index (χ0n) is 22.4. The molecule has 0 saturated heterocycles. The number of nitrogens with zero attached hydrogens (tertiary/aromatic N) is 3. The maximum Gasteiger partial charge on any atom is 0.304 e. The van der Waals surface area contributed by atoms with Gasteiger partial charge in [-0.05, 0) is 37.1 Å². The average molecular weight is 537 g/mol. The SMILES string of the molecule is CCNC(=O)[C@@H](Cc1ccccc1)N(Cc1cccc(C)c1)C(=O)CN(c1ccccc1)S(=O)(=O)N(C)C. The van der Waals surface area contributed by atoms with E-state index < -0.39 is 28.7 Å². The van der Waals surface area contributed by atoms with Gasteiger partial charge in [0.1, 0.15) is 12.6 Å². The van der Waals surface area contributed by atoms with Gasteiger partial charge in [0.15, 0.2) is 0 Å². The molecule has 0 aromatic heterocycles. The highest BCUT2D eigenvalue weighted by Gasteiger charge is 2.34. The summed E-state index contributed by atoms with van der Waals surface area (Å²) < 4.78 is 28.7. The van der Waals surface area contributed by atoms with Gasteiger partial charge in [0, 0.05) is 33.6 Å². The molecule has 0 fully saturated rings. The molecule has 3 aromatic rings. The number of amides is 2. The zero-order valence-corrected chi connectivity index (χ0v) is 23.2. The van der Waals surface area contributed by atoms with Gasteiger partial charge < -0.3 is 10.2 Å². The van der Waals surface area contributed by atoms with Gasteiger partial charge in [-0.2, -0.15) is 12.7 Å². The van der Waals surface area contributed by atoms with Crippen molar-refractivity contribution in [2.75, 3.05) is 31.5 Å². The van der Waals surface area contributed by atoms with Crippen LogP contribution < -0.4 is 9.62 Å². The molecule has 0 aliphatic rings. The van der Waals surface area contributed by atoms with Gasteiger partial charge in [0.2, 0.25) is 11.8 Å². The molecule has 1 N–H and O–H groups in total. The van der Waals surface area contributed by atoms with Gasteiger partial charge in [-0.25, -0.2) is 4.31 Å². The quantitative estimate of drug-likeness (QED) is 0.384. The third-order valence-electron chi connectivity index (χ3n) is 6.12. The number of rotatable bonds is 12. The Kier molecular flexibility index (Phi) is 10.0. The summed E-state index contributed by atoms with van der Waals surface area (Å²) in [4.78, 5) is 28.9. The van der Waals surface area contributed by atoms with Crippen LogP contribution in [0.2, 0.25) is 0 Å². The van der Waals surface area contributed by atoms with E-state index in [0.717, 1.165) is 25.3 Å². The Labute approximate surface area is 226 Å². The van der Waals surface area contributed by atoms with E-state index in [1.807, 2.05) is 68.4 Å². The number of carbonyl (C=O) groups is 2. The Hall–Kier alpha value is -3.69. The van der Waals surface area contributed by atoms with Crippen LogP contribution in [0.1, 0.15) is 23.6 Å². The third kappa shape index (κ3) is 7.43. The van der Waals surface area contributed by atoms with E-state index in [4.69, 9.17) is 0 Å². The van der Waals surface area contributed by atoms with E-state index >= 15 is 0 Å². The van der Waals surface area contributed by atoms with Gasteiger partial charge in [0.25, 0.3) is 0 Å². The second-order valence-electron chi connectivity index (χ2n) is 9.24. The summed E-state index contributed by atoms with van der Waals surface area (Å²) in [6.07, 6.45) is 0.288. The largest absolute Gasteiger partial charge is 0.355 e. The summed E-state index contributed by atoms with van der Waals surface area (Å²) in [6.45, 7) is 3.88. The Bertz CT molecular complexity index is 1310. The fourth-order valence-electron chi connectivity index (χ4n) is 4.16. The molecule has 1 atom stereocenters. The van der Waals surface area contributed by atoms with Gasteiger partial charge in [-0.1, -0.05) is 78.4 Å². The second kappa shape index (κ2) is 13.2. The average Bonchev–Trinajstić information content (AvgIpc) is 2.90. The molecule has 0 heterocycles. The van der Waals surface area contributed by atoms with E-state index in [2.05, 4.69) is 5.32 Å². The molecule has 3 aromatic carbocycles. The summed E-state index contributed by atoms with van der Waals surface area (Å²) in [5.41, 5.74) is 3.13. The maximum absolute atomic E-state index is 14.0. The van der Waals surface area contributed by atoms with Crippen molar-refractivity contribution in [3.63, 3.8) is 0 Å². The Morgan fingerprint density at radius 3 is 2.05 bits per heavy atom. The Balaban J connectivity index is 2.06. The van der Waals surface area contributed by atoms with E-state index in [1.165, 1.54) is 19.0 Å². The molecule has 8 nitrogen and oxygen atoms in total. The van der Waals surface area contributed by atoms with Gasteiger partial charge in [0.05, 0.1) is 5.69 Å². The van der Waals surface area contributed by atoms with Crippen LogP contribution >= 0.6 is 0 Å². The molecule has 0 aliphatic carbocycles. The highest BCUT2D eigenvalue weighted by molar-refractivity contribution is 7.90. The number of carbonyl (C=O) groups excluding carboxylic acids is 2. The highest BCUT2D eigenvalue weighted by Crippen LogP contribution is 2.21. The summed E-state index contributed by atoms with van der Waals surface area (Å²) in [5, 5.41) is 2.86. The van der Waals surface area contributed by atoms with Crippen molar-refractivity contribution in [1.29, 1.82) is 0 Å². The minimum absolute atomic E-state index is 0.153. The van der Waals surface area contributed by atoms with Crippen molar-refractivity contribution in [2.45, 2.75) is 32.9 Å². The lowest BCUT2D eigenvalue weighted by atomic mass is 10.0. The number of likely N-dealkylation sites (N-methyl/N-ethyl adjacent to an activating group) is 1. The first-order valence-corrected chi connectivity index (χ1v) is 13.9. The first kappa shape index (κ1) is 28.9. The van der Waals surface area contributed by atoms with Crippen LogP contribution in [0.25, 0.3) is 0 Å². The first-order chi connectivity index (χ1) is 18.1. The van der Waals surface area contributed by atoms with Crippen LogP contribution in [0, 0.1) is 6.92 Å². The maximum atomic E-state index is 14.0. The number of hydrogen-bond donors (Lipinski definition) is 1. The number of hydrogen-bond acceptors (Lipinski definition) is 4. The molecule has 0 unspecified atom stereocenters. The van der Waals surface area contributed by atoms with Crippen molar-refractivity contribution >= 4 is 27.7 Å². The van der Waals surface area contributed by atoms with Crippen LogP contribution in [0.15, 0.2) is 84.9 Å². The Morgan fingerprint density at radius 2 is 1.47 bits per heavy atom. The molecule has 2 amide bonds. The van der Waals surface area contributed by atoms with Crippen LogP contribution in [-0.4, -0.2) is 62.7 Å². The Morgan fingerprint density at radius 1 is 0.868 bits per heavy atom. The molecule has 0 radical (unpaired) electrons. The number of anilines is 1.